The molecule has 6 heterocycles. The molecular weight excluding hydrogens is 620 g/mol. The van der Waals surface area contributed by atoms with Crippen molar-refractivity contribution in [1.82, 2.24) is 39.0 Å². The molecule has 2 aliphatic rings. The third kappa shape index (κ3) is 5.60. The number of aromatic amines is 1. The van der Waals surface area contributed by atoms with Gasteiger partial charge in [0.25, 0.3) is 5.56 Å². The number of ether oxygens (including phenoxy) is 1. The van der Waals surface area contributed by atoms with Crippen LogP contribution in [0, 0.1) is 12.8 Å². The van der Waals surface area contributed by atoms with Crippen LogP contribution in [0.1, 0.15) is 24.8 Å². The zero-order chi connectivity index (χ0) is 29.1. The molecule has 0 aliphatic carbocycles. The van der Waals surface area contributed by atoms with Crippen LogP contribution in [-0.2, 0) is 59.6 Å². The first-order valence-corrected chi connectivity index (χ1v) is 17.4. The number of nitrogens with two attached hydrogens (primary N) is 1. The van der Waals surface area contributed by atoms with E-state index in [1.807, 2.05) is 0 Å². The van der Waals surface area contributed by atoms with Gasteiger partial charge in [0.2, 0.25) is 0 Å². The fraction of sp³-hybridized carbons (Fsp3) is 0.500. The highest BCUT2D eigenvalue weighted by Gasteiger charge is 2.47. The van der Waals surface area contributed by atoms with Crippen LogP contribution < -0.4 is 11.3 Å². The van der Waals surface area contributed by atoms with E-state index >= 15 is 0 Å². The van der Waals surface area contributed by atoms with Gasteiger partial charge in [-0.2, -0.15) is 0 Å². The number of H-pyrrole nitrogens is 1. The number of nitrogens with one attached hydrogen (secondary N) is 1. The summed E-state index contributed by atoms with van der Waals surface area (Å²) in [7, 11) is 0. The Hall–Kier alpha value is -2.28. The Kier molecular flexibility index (Phi) is 7.57. The quantitative estimate of drug-likeness (QED) is 0.210. The summed E-state index contributed by atoms with van der Waals surface area (Å²) in [5.41, 5.74) is 6.58. The topological polar surface area (TPSA) is 220 Å². The first kappa shape index (κ1) is 28.8. The number of hydrogen-bond donors (Lipinski definition) is 4. The highest BCUT2D eigenvalue weighted by molar-refractivity contribution is 8.07. The summed E-state index contributed by atoms with van der Waals surface area (Å²) in [6, 6.07) is 0. The molecule has 21 heteroatoms. The first-order valence-electron chi connectivity index (χ1n) is 12.2. The Morgan fingerprint density at radius 3 is 2.71 bits per heavy atom. The third-order valence-electron chi connectivity index (χ3n) is 6.75. The molecule has 0 aromatic carbocycles. The maximum Gasteiger partial charge on any atom is 0.325 e. The second-order valence-corrected chi connectivity index (χ2v) is 15.0. The van der Waals surface area contributed by atoms with E-state index in [1.165, 1.54) is 17.2 Å². The van der Waals surface area contributed by atoms with Crippen LogP contribution in [0.15, 0.2) is 17.4 Å². The number of imidazole rings is 2. The fourth-order valence-electron chi connectivity index (χ4n) is 4.76. The molecule has 0 saturated carbocycles. The van der Waals surface area contributed by atoms with E-state index in [2.05, 4.69) is 29.9 Å². The minimum atomic E-state index is -3.94. The van der Waals surface area contributed by atoms with Gasteiger partial charge in [-0.05, 0) is 30.5 Å². The molecule has 2 unspecified atom stereocenters. The summed E-state index contributed by atoms with van der Waals surface area (Å²) in [5, 5.41) is 0. The molecule has 220 valence electrons. The third-order valence-corrected chi connectivity index (χ3v) is 9.90. The zero-order valence-electron chi connectivity index (χ0n) is 21.6. The van der Waals surface area contributed by atoms with E-state index in [1.54, 1.807) is 18.4 Å². The minimum Gasteiger partial charge on any atom is -0.382 e. The van der Waals surface area contributed by atoms with E-state index in [0.29, 0.717) is 22.8 Å². The van der Waals surface area contributed by atoms with Crippen LogP contribution in [0.25, 0.3) is 22.3 Å². The molecule has 6 rings (SSSR count). The normalized spacial score (nSPS) is 31.6. The molecule has 41 heavy (non-hydrogen) atoms. The van der Waals surface area contributed by atoms with Gasteiger partial charge in [-0.1, -0.05) is 6.92 Å². The van der Waals surface area contributed by atoms with Gasteiger partial charge in [0.15, 0.2) is 34.4 Å². The van der Waals surface area contributed by atoms with Gasteiger partial charge in [-0.25, -0.2) is 24.9 Å². The molecule has 2 bridgehead atoms. The second-order valence-electron chi connectivity index (χ2n) is 9.42. The molecule has 17 nitrogen and oxygen atoms in total. The van der Waals surface area contributed by atoms with Gasteiger partial charge < -0.3 is 47.9 Å². The Morgan fingerprint density at radius 1 is 1.10 bits per heavy atom. The van der Waals surface area contributed by atoms with Crippen molar-refractivity contribution in [3.8, 4) is 0 Å². The van der Waals surface area contributed by atoms with Gasteiger partial charge in [0.05, 0.1) is 25.6 Å². The predicted molar refractivity (Wildman–Crippen MR) is 150 cm³/mol. The summed E-state index contributed by atoms with van der Waals surface area (Å²) >= 11 is 10.6. The van der Waals surface area contributed by atoms with Crippen molar-refractivity contribution in [3.05, 3.63) is 34.7 Å². The first-order chi connectivity index (χ1) is 19.4. The van der Waals surface area contributed by atoms with Crippen molar-refractivity contribution in [3.63, 3.8) is 0 Å². The highest BCUT2D eigenvalue weighted by Crippen LogP contribution is 2.52. The number of nitrogen functional groups attached to an aromatic ring is 1. The molecule has 0 amide bonds. The summed E-state index contributed by atoms with van der Waals surface area (Å²) in [6.07, 6.45) is 0.103. The maximum absolute atomic E-state index is 12.4. The maximum atomic E-state index is 12.4. The molecule has 1 saturated heterocycles. The SMILES string of the molecule is Cc1nc2c(ncn2[C@@H]2O[C@@H]3COP(O)(=S)OCCn4c(nc5c(N)ncnc54)COP(O)(=S)O[C@@H]2[C@@H]3C)c(=O)[nH]1. The number of hydrogen-bond acceptors (Lipinski definition) is 14. The van der Waals surface area contributed by atoms with Crippen molar-refractivity contribution in [2.75, 3.05) is 18.9 Å². The largest absolute Gasteiger partial charge is 0.382 e. The van der Waals surface area contributed by atoms with Crippen molar-refractivity contribution in [1.29, 1.82) is 0 Å². The number of aromatic nitrogens is 8. The minimum absolute atomic E-state index is 0.0626. The molecule has 1 fully saturated rings. The van der Waals surface area contributed by atoms with Crippen LogP contribution in [0.5, 0.6) is 0 Å². The summed E-state index contributed by atoms with van der Waals surface area (Å²) < 4.78 is 32.4. The number of nitrogens with zero attached hydrogens (tertiary/aromatic N) is 7. The van der Waals surface area contributed by atoms with Gasteiger partial charge in [0, 0.05) is 12.5 Å². The Balaban J connectivity index is 1.39. The van der Waals surface area contributed by atoms with Crippen LogP contribution in [-0.4, -0.2) is 74.2 Å². The lowest BCUT2D eigenvalue weighted by Gasteiger charge is -2.26. The van der Waals surface area contributed by atoms with Crippen molar-refractivity contribution in [2.24, 2.45) is 5.92 Å². The van der Waals surface area contributed by atoms with Crippen LogP contribution in [0.2, 0.25) is 0 Å². The van der Waals surface area contributed by atoms with Crippen molar-refractivity contribution >= 4 is 65.2 Å². The zero-order valence-corrected chi connectivity index (χ0v) is 25.0. The highest BCUT2D eigenvalue weighted by atomic mass is 32.5. The molecular formula is C20H25N9O8P2S2. The molecule has 0 spiro atoms. The summed E-state index contributed by atoms with van der Waals surface area (Å²) in [6.45, 7) is -4.57. The summed E-state index contributed by atoms with van der Waals surface area (Å²) in [5.74, 6) is 0.332. The monoisotopic (exact) mass is 645 g/mol. The smallest absolute Gasteiger partial charge is 0.325 e. The van der Waals surface area contributed by atoms with Gasteiger partial charge in [-0.15, -0.1) is 0 Å². The second kappa shape index (κ2) is 10.8. The lowest BCUT2D eigenvalue weighted by atomic mass is 10.0. The number of fused-ring (bicyclic) bond motifs is 6. The molecule has 6 atom stereocenters. The van der Waals surface area contributed by atoms with Crippen LogP contribution >= 0.6 is 13.4 Å². The number of anilines is 1. The van der Waals surface area contributed by atoms with Gasteiger partial charge in [0.1, 0.15) is 30.7 Å². The molecule has 0 radical (unpaired) electrons. The Morgan fingerprint density at radius 2 is 1.90 bits per heavy atom. The molecule has 5 N–H and O–H groups in total. The lowest BCUT2D eigenvalue weighted by molar-refractivity contribution is -0.0460. The molecule has 2 aliphatic heterocycles. The number of rotatable bonds is 1. The Labute approximate surface area is 241 Å². The average Bonchev–Trinajstić information content (AvgIpc) is 3.56. The van der Waals surface area contributed by atoms with E-state index in [0.717, 1.165) is 0 Å². The van der Waals surface area contributed by atoms with E-state index < -0.39 is 43.4 Å². The van der Waals surface area contributed by atoms with E-state index in [4.69, 9.17) is 52.2 Å². The van der Waals surface area contributed by atoms with Gasteiger partial charge in [-0.3, -0.25) is 9.36 Å². The number of aryl methyl sites for hydroxylation is 1. The molecule has 4 aromatic rings. The van der Waals surface area contributed by atoms with Crippen molar-refractivity contribution in [2.45, 2.75) is 45.4 Å². The predicted octanol–water partition coefficient (Wildman–Crippen LogP) is 0.766. The molecule has 4 aromatic heterocycles. The Bertz CT molecular complexity index is 1800. The van der Waals surface area contributed by atoms with Crippen LogP contribution in [0.3, 0.4) is 0 Å². The summed E-state index contributed by atoms with van der Waals surface area (Å²) in [4.78, 5) is 58.2. The van der Waals surface area contributed by atoms with Crippen molar-refractivity contribution < 1.29 is 32.6 Å². The average molecular weight is 646 g/mol. The van der Waals surface area contributed by atoms with Crippen LogP contribution in [0.4, 0.5) is 5.82 Å². The van der Waals surface area contributed by atoms with E-state index in [9.17, 15) is 14.6 Å². The standard InChI is InChI=1S/C20H25N9O8P2S2/c1-9-11-5-34-38(31,40)33-4-3-28-12(27-13-16(21)22-7-23-17(13)28)6-35-39(32,41)37-15(9)20(36-11)29-8-24-14-18(29)25-10(2)26-19(14)30/h7-9,11,15,20H,3-6H2,1-2H3,(H,31,40)(H,32,41)(H2,21,22,23)(H,25,26,30)/t9-,11-,15-,20-,38?,39?/m1/s1. The van der Waals surface area contributed by atoms with E-state index in [-0.39, 0.29) is 43.3 Å². The lowest BCUT2D eigenvalue weighted by Crippen LogP contribution is -2.28. The fourth-order valence-corrected chi connectivity index (χ4v) is 7.28. The van der Waals surface area contributed by atoms with Gasteiger partial charge >= 0.3 is 13.4 Å².